The maximum absolute atomic E-state index is 13.8. The Hall–Kier alpha value is -5.31. The molecule has 2 heterocycles. The molecule has 2 aromatic heterocycles. The van der Waals surface area contributed by atoms with Crippen molar-refractivity contribution in [1.82, 2.24) is 19.5 Å². The van der Waals surface area contributed by atoms with Crippen molar-refractivity contribution < 1.29 is 9.53 Å². The number of carbonyl (C=O) groups is 1. The van der Waals surface area contributed by atoms with Crippen LogP contribution in [0, 0.1) is 0 Å². The molecule has 2 N–H and O–H groups in total. The molecule has 5 aromatic rings. The fraction of sp³-hybridized carbons (Fsp3) is 0.0690. The second-order valence-electron chi connectivity index (χ2n) is 8.36. The Morgan fingerprint density at radius 2 is 1.79 bits per heavy atom. The third kappa shape index (κ3) is 5.26. The number of ether oxygens (including phenoxy) is 1. The van der Waals surface area contributed by atoms with Gasteiger partial charge in [-0.3, -0.25) is 14.2 Å². The van der Waals surface area contributed by atoms with Gasteiger partial charge in [-0.2, -0.15) is 4.98 Å². The van der Waals surface area contributed by atoms with E-state index in [-0.39, 0.29) is 11.5 Å². The lowest BCUT2D eigenvalue weighted by Crippen LogP contribution is -2.26. The lowest BCUT2D eigenvalue weighted by Gasteiger charge is -2.14. The van der Waals surface area contributed by atoms with E-state index < -0.39 is 0 Å². The first-order chi connectivity index (χ1) is 18.5. The Morgan fingerprint density at radius 3 is 2.53 bits per heavy atom. The molecule has 0 fully saturated rings. The minimum atomic E-state index is -0.354. The fourth-order valence-electron chi connectivity index (χ4n) is 3.95. The van der Waals surface area contributed by atoms with Crippen LogP contribution in [0.4, 0.5) is 17.3 Å². The molecule has 188 valence electrons. The summed E-state index contributed by atoms with van der Waals surface area (Å²) in [4.78, 5) is 39.4. The third-order valence-electron chi connectivity index (χ3n) is 5.79. The van der Waals surface area contributed by atoms with Gasteiger partial charge in [0.05, 0.1) is 19.0 Å². The number of methoxy groups -OCH3 is 1. The molecule has 0 bridgehead atoms. The predicted octanol–water partition coefficient (Wildman–Crippen LogP) is 4.64. The van der Waals surface area contributed by atoms with Crippen LogP contribution in [0.3, 0.4) is 0 Å². The number of aromatic nitrogens is 4. The maximum Gasteiger partial charge on any atom is 0.278 e. The van der Waals surface area contributed by atoms with E-state index in [4.69, 9.17) is 4.74 Å². The molecule has 0 radical (unpaired) electrons. The van der Waals surface area contributed by atoms with Gasteiger partial charge in [-0.05, 0) is 54.1 Å². The zero-order valence-corrected chi connectivity index (χ0v) is 20.6. The van der Waals surface area contributed by atoms with E-state index in [1.165, 1.54) is 10.6 Å². The van der Waals surface area contributed by atoms with Crippen molar-refractivity contribution in [3.8, 4) is 11.4 Å². The summed E-state index contributed by atoms with van der Waals surface area (Å²) in [6.45, 7) is 3.49. The number of amides is 1. The summed E-state index contributed by atoms with van der Waals surface area (Å²) in [5.74, 6) is 0.666. The van der Waals surface area contributed by atoms with Crippen molar-refractivity contribution in [2.24, 2.45) is 0 Å². The van der Waals surface area contributed by atoms with Crippen LogP contribution >= 0.6 is 0 Å². The van der Waals surface area contributed by atoms with Crippen LogP contribution in [0.2, 0.25) is 0 Å². The largest absolute Gasteiger partial charge is 0.497 e. The number of rotatable bonds is 8. The minimum absolute atomic E-state index is 0.296. The molecule has 38 heavy (non-hydrogen) atoms. The van der Waals surface area contributed by atoms with Gasteiger partial charge in [0.25, 0.3) is 5.56 Å². The van der Waals surface area contributed by atoms with Gasteiger partial charge in [-0.25, -0.2) is 9.97 Å². The molecule has 5 rings (SSSR count). The topological polar surface area (TPSA) is 111 Å². The van der Waals surface area contributed by atoms with Gasteiger partial charge < -0.3 is 15.4 Å². The normalized spacial score (nSPS) is 10.7. The zero-order valence-electron chi connectivity index (χ0n) is 20.6. The highest BCUT2D eigenvalue weighted by Gasteiger charge is 2.16. The molecule has 0 atom stereocenters. The summed E-state index contributed by atoms with van der Waals surface area (Å²) in [6.07, 6.45) is 3.11. The number of hydrogen-bond acceptors (Lipinski definition) is 7. The summed E-state index contributed by atoms with van der Waals surface area (Å²) in [7, 11) is 1.60. The number of carbonyl (C=O) groups excluding carboxylic acids is 1. The van der Waals surface area contributed by atoms with Crippen molar-refractivity contribution in [2.45, 2.75) is 6.42 Å². The van der Waals surface area contributed by atoms with E-state index in [1.54, 1.807) is 37.6 Å². The number of fused-ring (bicyclic) bond motifs is 1. The average Bonchev–Trinajstić information content (AvgIpc) is 2.95. The number of hydrogen-bond donors (Lipinski definition) is 2. The van der Waals surface area contributed by atoms with Crippen molar-refractivity contribution >= 4 is 34.4 Å². The molecule has 0 aliphatic carbocycles. The van der Waals surface area contributed by atoms with Crippen molar-refractivity contribution in [3.63, 3.8) is 0 Å². The molecule has 0 saturated carbocycles. The highest BCUT2D eigenvalue weighted by atomic mass is 16.5. The number of anilines is 3. The first-order valence-corrected chi connectivity index (χ1v) is 11.8. The zero-order chi connectivity index (χ0) is 26.5. The monoisotopic (exact) mass is 504 g/mol. The smallest absolute Gasteiger partial charge is 0.278 e. The van der Waals surface area contributed by atoms with E-state index in [1.807, 2.05) is 54.6 Å². The Bertz CT molecular complexity index is 1680. The van der Waals surface area contributed by atoms with E-state index in [0.29, 0.717) is 40.6 Å². The Kier molecular flexibility index (Phi) is 6.90. The van der Waals surface area contributed by atoms with E-state index in [2.05, 4.69) is 32.2 Å². The van der Waals surface area contributed by atoms with Gasteiger partial charge in [-0.15, -0.1) is 0 Å². The quantitative estimate of drug-likeness (QED) is 0.296. The molecule has 0 spiro atoms. The summed E-state index contributed by atoms with van der Waals surface area (Å²) in [6, 6.07) is 23.9. The van der Waals surface area contributed by atoms with Gasteiger partial charge in [-0.1, -0.05) is 43.0 Å². The molecule has 0 aliphatic heterocycles. The molecule has 9 heteroatoms. The molecule has 0 aliphatic rings. The van der Waals surface area contributed by atoms with Gasteiger partial charge in [0.2, 0.25) is 11.9 Å². The summed E-state index contributed by atoms with van der Waals surface area (Å²) in [5, 5.41) is 5.89. The Labute approximate surface area is 218 Å². The molecular weight excluding hydrogens is 480 g/mol. The number of nitrogens with one attached hydrogen (secondary N) is 2. The maximum atomic E-state index is 13.8. The van der Waals surface area contributed by atoms with Crippen LogP contribution in [0.15, 0.2) is 103 Å². The predicted molar refractivity (Wildman–Crippen MR) is 147 cm³/mol. The van der Waals surface area contributed by atoms with Crippen molar-refractivity contribution in [2.75, 3.05) is 17.7 Å². The van der Waals surface area contributed by atoms with Gasteiger partial charge in [0, 0.05) is 17.8 Å². The highest BCUT2D eigenvalue weighted by molar-refractivity contribution is 5.99. The standard InChI is InChI=1S/C29H24N6O3/c1-3-26(36)31-21-10-7-11-22(17-21)35-27-25(33-24(28(35)37)16-19-8-5-4-6-9-19)18-30-29(34-27)32-20-12-14-23(38-2)15-13-20/h3-15,17-18H,1,16H2,2H3,(H,31,36)(H,30,32,34). The second kappa shape index (κ2) is 10.8. The van der Waals surface area contributed by atoms with Crippen LogP contribution in [0.25, 0.3) is 16.9 Å². The Balaban J connectivity index is 1.64. The SMILES string of the molecule is C=CC(=O)Nc1cccc(-n2c(=O)c(Cc3ccccc3)nc3cnc(Nc4ccc(OC)cc4)nc32)c1. The van der Waals surface area contributed by atoms with Crippen LogP contribution in [-0.4, -0.2) is 32.5 Å². The third-order valence-corrected chi connectivity index (χ3v) is 5.79. The van der Waals surface area contributed by atoms with Gasteiger partial charge in [0.15, 0.2) is 5.65 Å². The van der Waals surface area contributed by atoms with Gasteiger partial charge in [0.1, 0.15) is 17.0 Å². The summed E-state index contributed by atoms with van der Waals surface area (Å²) >= 11 is 0. The average molecular weight is 505 g/mol. The lowest BCUT2D eigenvalue weighted by molar-refractivity contribution is -0.111. The number of benzene rings is 3. The first kappa shape index (κ1) is 24.4. The first-order valence-electron chi connectivity index (χ1n) is 11.8. The summed E-state index contributed by atoms with van der Waals surface area (Å²) < 4.78 is 6.70. The van der Waals surface area contributed by atoms with E-state index >= 15 is 0 Å². The summed E-state index contributed by atoms with van der Waals surface area (Å²) in [5.41, 5.74) is 3.55. The molecule has 9 nitrogen and oxygen atoms in total. The Morgan fingerprint density at radius 1 is 1.00 bits per heavy atom. The molecule has 0 saturated heterocycles. The van der Waals surface area contributed by atoms with E-state index in [0.717, 1.165) is 17.0 Å². The van der Waals surface area contributed by atoms with Gasteiger partial charge >= 0.3 is 0 Å². The molecule has 0 unspecified atom stereocenters. The van der Waals surface area contributed by atoms with Crippen molar-refractivity contribution in [1.29, 1.82) is 0 Å². The highest BCUT2D eigenvalue weighted by Crippen LogP contribution is 2.22. The molecule has 3 aromatic carbocycles. The number of nitrogens with zero attached hydrogens (tertiary/aromatic N) is 4. The van der Waals surface area contributed by atoms with Crippen LogP contribution in [0.1, 0.15) is 11.3 Å². The second-order valence-corrected chi connectivity index (χ2v) is 8.36. The fourth-order valence-corrected chi connectivity index (χ4v) is 3.95. The van der Waals surface area contributed by atoms with Crippen molar-refractivity contribution in [3.05, 3.63) is 119 Å². The van der Waals surface area contributed by atoms with Crippen LogP contribution < -0.4 is 20.9 Å². The molecular formula is C29H24N6O3. The van der Waals surface area contributed by atoms with E-state index in [9.17, 15) is 9.59 Å². The molecule has 1 amide bonds. The minimum Gasteiger partial charge on any atom is -0.497 e. The van der Waals surface area contributed by atoms with Crippen LogP contribution in [-0.2, 0) is 11.2 Å². The lowest BCUT2D eigenvalue weighted by atomic mass is 10.1. The van der Waals surface area contributed by atoms with Crippen LogP contribution in [0.5, 0.6) is 5.75 Å².